The smallest absolute Gasteiger partial charge is 0.242 e. The molecule has 0 aromatic heterocycles. The van der Waals surface area contributed by atoms with E-state index in [1.54, 1.807) is 24.3 Å². The summed E-state index contributed by atoms with van der Waals surface area (Å²) < 4.78 is 26.6. The van der Waals surface area contributed by atoms with Crippen molar-refractivity contribution in [3.05, 3.63) is 99.0 Å². The molecule has 0 spiro atoms. The molecule has 214 valence electrons. The maximum absolute atomic E-state index is 13.8. The number of aryl methyl sites for hydroxylation is 2. The van der Waals surface area contributed by atoms with Crippen LogP contribution in [0.1, 0.15) is 35.1 Å². The molecule has 0 saturated heterocycles. The van der Waals surface area contributed by atoms with E-state index in [9.17, 15) is 18.0 Å². The van der Waals surface area contributed by atoms with Crippen molar-refractivity contribution in [2.75, 3.05) is 24.2 Å². The zero-order valence-electron chi connectivity index (χ0n) is 23.2. The lowest BCUT2D eigenvalue weighted by atomic mass is 10.0. The lowest BCUT2D eigenvalue weighted by Gasteiger charge is -2.32. The fourth-order valence-electron chi connectivity index (χ4n) is 4.44. The molecule has 1 atom stereocenters. The summed E-state index contributed by atoms with van der Waals surface area (Å²) in [5, 5.41) is 3.53. The zero-order valence-corrected chi connectivity index (χ0v) is 25.5. The molecule has 3 rings (SSSR count). The summed E-state index contributed by atoms with van der Waals surface area (Å²) in [6, 6.07) is 19.1. The molecular weight excluding hydrogens is 569 g/mol. The second kappa shape index (κ2) is 14.0. The molecule has 40 heavy (non-hydrogen) atoms. The molecule has 7 nitrogen and oxygen atoms in total. The van der Waals surface area contributed by atoms with Crippen LogP contribution in [0.15, 0.2) is 66.7 Å². The summed E-state index contributed by atoms with van der Waals surface area (Å²) in [7, 11) is -2.05. The Kier molecular flexibility index (Phi) is 11.0. The lowest BCUT2D eigenvalue weighted by Crippen LogP contribution is -2.49. The summed E-state index contributed by atoms with van der Waals surface area (Å²) in [5.41, 5.74) is 4.13. The van der Waals surface area contributed by atoms with Gasteiger partial charge in [0.2, 0.25) is 21.8 Å². The van der Waals surface area contributed by atoms with Crippen molar-refractivity contribution in [2.45, 2.75) is 45.7 Å². The molecule has 0 fully saturated rings. The van der Waals surface area contributed by atoms with E-state index in [0.717, 1.165) is 22.9 Å². The maximum atomic E-state index is 13.8. The van der Waals surface area contributed by atoms with E-state index < -0.39 is 16.1 Å². The molecule has 1 unspecified atom stereocenters. The minimum Gasteiger partial charge on any atom is -0.357 e. The number of carbonyl (C=O) groups excluding carboxylic acids is 2. The molecule has 0 aliphatic heterocycles. The Bertz CT molecular complexity index is 1450. The van der Waals surface area contributed by atoms with Crippen LogP contribution in [0.25, 0.3) is 0 Å². The Labute approximate surface area is 247 Å². The summed E-state index contributed by atoms with van der Waals surface area (Å²) >= 11 is 12.5. The van der Waals surface area contributed by atoms with Crippen molar-refractivity contribution in [2.24, 2.45) is 0 Å². The summed E-state index contributed by atoms with van der Waals surface area (Å²) in [4.78, 5) is 28.4. The third-order valence-corrected chi connectivity index (χ3v) is 8.58. The second-order valence-corrected chi connectivity index (χ2v) is 12.5. The van der Waals surface area contributed by atoms with Crippen LogP contribution in [-0.2, 0) is 32.6 Å². The van der Waals surface area contributed by atoms with E-state index in [-0.39, 0.29) is 37.7 Å². The van der Waals surface area contributed by atoms with Crippen molar-refractivity contribution in [1.29, 1.82) is 0 Å². The molecule has 0 aliphatic rings. The first-order valence-electron chi connectivity index (χ1n) is 12.9. The molecule has 2 amide bonds. The topological polar surface area (TPSA) is 86.8 Å². The number of hydrogen-bond acceptors (Lipinski definition) is 4. The number of amides is 2. The number of likely N-dealkylation sites (N-methyl/N-ethyl adjacent to an activating group) is 1. The summed E-state index contributed by atoms with van der Waals surface area (Å²) in [6.45, 7) is 4.09. The predicted octanol–water partition coefficient (Wildman–Crippen LogP) is 5.54. The van der Waals surface area contributed by atoms with Gasteiger partial charge >= 0.3 is 0 Å². The number of hydrogen-bond donors (Lipinski definition) is 1. The number of anilines is 1. The number of nitrogens with zero attached hydrogens (tertiary/aromatic N) is 2. The fourth-order valence-corrected chi connectivity index (χ4v) is 5.86. The van der Waals surface area contributed by atoms with E-state index >= 15 is 0 Å². The molecule has 0 aliphatic carbocycles. The lowest BCUT2D eigenvalue weighted by molar-refractivity contribution is -0.141. The van der Waals surface area contributed by atoms with Gasteiger partial charge in [0, 0.05) is 43.0 Å². The van der Waals surface area contributed by atoms with Gasteiger partial charge in [-0.3, -0.25) is 13.9 Å². The predicted molar refractivity (Wildman–Crippen MR) is 162 cm³/mol. The van der Waals surface area contributed by atoms with Gasteiger partial charge in [-0.05, 0) is 66.8 Å². The highest BCUT2D eigenvalue weighted by Crippen LogP contribution is 2.25. The average Bonchev–Trinajstić information content (AvgIpc) is 2.90. The number of sulfonamides is 1. The van der Waals surface area contributed by atoms with Crippen LogP contribution in [0.4, 0.5) is 5.69 Å². The SMILES string of the molecule is CNC(=O)C(Cc1ccccc1)N(Cc1ccc(Cl)cc1Cl)C(=O)CCCN(c1ccc(C)c(C)c1)S(C)(=O)=O. The first-order valence-corrected chi connectivity index (χ1v) is 15.5. The van der Waals surface area contributed by atoms with E-state index in [1.807, 2.05) is 56.3 Å². The monoisotopic (exact) mass is 603 g/mol. The highest BCUT2D eigenvalue weighted by Gasteiger charge is 2.30. The normalized spacial score (nSPS) is 12.1. The first-order chi connectivity index (χ1) is 18.9. The number of carbonyl (C=O) groups is 2. The first kappa shape index (κ1) is 31.5. The van der Waals surface area contributed by atoms with E-state index in [0.29, 0.717) is 27.7 Å². The van der Waals surface area contributed by atoms with Crippen molar-refractivity contribution in [1.82, 2.24) is 10.2 Å². The van der Waals surface area contributed by atoms with Gasteiger partial charge < -0.3 is 10.2 Å². The van der Waals surface area contributed by atoms with Gasteiger partial charge in [0.1, 0.15) is 6.04 Å². The Balaban J connectivity index is 1.88. The van der Waals surface area contributed by atoms with Crippen LogP contribution in [0.3, 0.4) is 0 Å². The van der Waals surface area contributed by atoms with Gasteiger partial charge in [-0.2, -0.15) is 0 Å². The third kappa shape index (κ3) is 8.46. The Morgan fingerprint density at radius 3 is 2.25 bits per heavy atom. The molecule has 0 heterocycles. The van der Waals surface area contributed by atoms with Gasteiger partial charge in [-0.25, -0.2) is 8.42 Å². The second-order valence-electron chi connectivity index (χ2n) is 9.78. The van der Waals surface area contributed by atoms with E-state index in [4.69, 9.17) is 23.2 Å². The van der Waals surface area contributed by atoms with Gasteiger partial charge in [-0.1, -0.05) is 65.7 Å². The standard InChI is InChI=1S/C30H35Cl2N3O4S/c1-21-12-15-26(17-22(21)2)35(40(4,38)39)16-8-11-29(36)34(20-24-13-14-25(31)19-27(24)32)28(30(37)33-3)18-23-9-6-5-7-10-23/h5-7,9-10,12-15,17,19,28H,8,11,16,18,20H2,1-4H3,(H,33,37). The minimum atomic E-state index is -3.58. The molecular formula is C30H35Cl2N3O4S. The summed E-state index contributed by atoms with van der Waals surface area (Å²) in [5.74, 6) is -0.598. The number of halogens is 2. The van der Waals surface area contributed by atoms with Gasteiger partial charge in [0.15, 0.2) is 0 Å². The van der Waals surface area contributed by atoms with Gasteiger partial charge in [-0.15, -0.1) is 0 Å². The van der Waals surface area contributed by atoms with Gasteiger partial charge in [0.25, 0.3) is 0 Å². The Morgan fingerprint density at radius 2 is 1.65 bits per heavy atom. The molecule has 0 saturated carbocycles. The quantitative estimate of drug-likeness (QED) is 0.294. The van der Waals surface area contributed by atoms with E-state index in [1.165, 1.54) is 16.3 Å². The highest BCUT2D eigenvalue weighted by atomic mass is 35.5. The summed E-state index contributed by atoms with van der Waals surface area (Å²) in [6.07, 6.45) is 1.75. The van der Waals surface area contributed by atoms with E-state index in [2.05, 4.69) is 5.32 Å². The van der Waals surface area contributed by atoms with Crippen LogP contribution in [-0.4, -0.2) is 51.0 Å². The molecule has 0 bridgehead atoms. The van der Waals surface area contributed by atoms with Crippen molar-refractivity contribution < 1.29 is 18.0 Å². The Hall–Kier alpha value is -3.07. The minimum absolute atomic E-state index is 0.0321. The van der Waals surface area contributed by atoms with Crippen LogP contribution in [0, 0.1) is 13.8 Å². The zero-order chi connectivity index (χ0) is 29.4. The molecule has 10 heteroatoms. The highest BCUT2D eigenvalue weighted by molar-refractivity contribution is 7.92. The fraction of sp³-hybridized carbons (Fsp3) is 0.333. The number of rotatable bonds is 12. The van der Waals surface area contributed by atoms with Crippen molar-refractivity contribution >= 4 is 50.7 Å². The number of nitrogens with one attached hydrogen (secondary N) is 1. The van der Waals surface area contributed by atoms with Crippen LogP contribution in [0.2, 0.25) is 10.0 Å². The largest absolute Gasteiger partial charge is 0.357 e. The average molecular weight is 605 g/mol. The van der Waals surface area contributed by atoms with Crippen molar-refractivity contribution in [3.63, 3.8) is 0 Å². The molecule has 1 N–H and O–H groups in total. The number of benzene rings is 3. The van der Waals surface area contributed by atoms with Crippen molar-refractivity contribution in [3.8, 4) is 0 Å². The van der Waals surface area contributed by atoms with Crippen LogP contribution >= 0.6 is 23.2 Å². The molecule has 3 aromatic carbocycles. The third-order valence-electron chi connectivity index (χ3n) is 6.80. The van der Waals surface area contributed by atoms with Gasteiger partial charge in [0.05, 0.1) is 11.9 Å². The Morgan fingerprint density at radius 1 is 0.950 bits per heavy atom. The molecule has 0 radical (unpaired) electrons. The van der Waals surface area contributed by atoms with Crippen LogP contribution < -0.4 is 9.62 Å². The van der Waals surface area contributed by atoms with Crippen LogP contribution in [0.5, 0.6) is 0 Å². The maximum Gasteiger partial charge on any atom is 0.242 e. The molecule has 3 aromatic rings.